The van der Waals surface area contributed by atoms with Gasteiger partial charge < -0.3 is 15.7 Å². The monoisotopic (exact) mass is 385 g/mol. The number of amides is 1. The van der Waals surface area contributed by atoms with Crippen molar-refractivity contribution in [1.82, 2.24) is 15.5 Å². The summed E-state index contributed by atoms with van der Waals surface area (Å²) in [5.41, 5.74) is 1.95. The van der Waals surface area contributed by atoms with Crippen molar-refractivity contribution in [2.75, 3.05) is 19.6 Å². The van der Waals surface area contributed by atoms with Gasteiger partial charge in [-0.05, 0) is 61.1 Å². The van der Waals surface area contributed by atoms with Gasteiger partial charge in [0.2, 0.25) is 0 Å². The van der Waals surface area contributed by atoms with Crippen LogP contribution in [0, 0.1) is 11.3 Å². The van der Waals surface area contributed by atoms with E-state index in [1.807, 2.05) is 0 Å². The van der Waals surface area contributed by atoms with Crippen LogP contribution in [0.4, 0.5) is 4.79 Å². The van der Waals surface area contributed by atoms with Crippen molar-refractivity contribution in [2.24, 2.45) is 11.3 Å². The fraction of sp³-hybridized carbons (Fsp3) is 0.696. The van der Waals surface area contributed by atoms with E-state index in [0.29, 0.717) is 12.1 Å². The fourth-order valence-electron chi connectivity index (χ4n) is 6.27. The molecule has 1 amide bonds. The third-order valence-corrected chi connectivity index (χ3v) is 7.34. The SMILES string of the molecule is CC(C)(C)C1CCc2ccccc2C1(C[C@H]1CN2CCC[C@@H]2CN1)NC(=O)O. The molecule has 4 rings (SSSR count). The Morgan fingerprint density at radius 3 is 2.86 bits per heavy atom. The highest BCUT2D eigenvalue weighted by Crippen LogP contribution is 2.50. The van der Waals surface area contributed by atoms with Gasteiger partial charge in [0.05, 0.1) is 5.54 Å². The lowest BCUT2D eigenvalue weighted by Gasteiger charge is -2.53. The van der Waals surface area contributed by atoms with Gasteiger partial charge in [0.15, 0.2) is 0 Å². The van der Waals surface area contributed by atoms with Gasteiger partial charge >= 0.3 is 6.09 Å². The molecule has 3 aliphatic rings. The molecule has 1 aromatic rings. The molecule has 0 spiro atoms. The Balaban J connectivity index is 1.73. The van der Waals surface area contributed by atoms with Gasteiger partial charge in [0.1, 0.15) is 0 Å². The van der Waals surface area contributed by atoms with Crippen molar-refractivity contribution in [3.05, 3.63) is 35.4 Å². The quantitative estimate of drug-likeness (QED) is 0.744. The van der Waals surface area contributed by atoms with Crippen LogP contribution in [0.25, 0.3) is 0 Å². The van der Waals surface area contributed by atoms with Gasteiger partial charge in [-0.3, -0.25) is 4.90 Å². The molecule has 1 aliphatic carbocycles. The van der Waals surface area contributed by atoms with Gasteiger partial charge in [-0.25, -0.2) is 4.79 Å². The van der Waals surface area contributed by atoms with Crippen LogP contribution >= 0.6 is 0 Å². The molecule has 5 nitrogen and oxygen atoms in total. The molecule has 0 radical (unpaired) electrons. The Morgan fingerprint density at radius 1 is 1.32 bits per heavy atom. The first-order chi connectivity index (χ1) is 13.3. The van der Waals surface area contributed by atoms with Crippen LogP contribution in [0.15, 0.2) is 24.3 Å². The molecule has 3 N–H and O–H groups in total. The Hall–Kier alpha value is -1.59. The van der Waals surface area contributed by atoms with Crippen molar-refractivity contribution in [3.8, 4) is 0 Å². The number of nitrogens with one attached hydrogen (secondary N) is 2. The highest BCUT2D eigenvalue weighted by Gasteiger charge is 2.51. The summed E-state index contributed by atoms with van der Waals surface area (Å²) in [4.78, 5) is 14.6. The van der Waals surface area contributed by atoms with E-state index >= 15 is 0 Å². The minimum atomic E-state index is -0.916. The molecule has 2 unspecified atom stereocenters. The Bertz CT molecular complexity index is 729. The maximum absolute atomic E-state index is 12.0. The zero-order valence-corrected chi connectivity index (χ0v) is 17.5. The molecule has 2 heterocycles. The largest absolute Gasteiger partial charge is 0.465 e. The molecule has 2 saturated heterocycles. The molecule has 2 aliphatic heterocycles. The zero-order valence-electron chi connectivity index (χ0n) is 17.5. The highest BCUT2D eigenvalue weighted by molar-refractivity contribution is 5.67. The normalized spacial score (nSPS) is 33.2. The minimum Gasteiger partial charge on any atom is -0.465 e. The van der Waals surface area contributed by atoms with E-state index in [4.69, 9.17) is 0 Å². The number of carbonyl (C=O) groups is 1. The summed E-state index contributed by atoms with van der Waals surface area (Å²) in [6, 6.07) is 9.44. The molecule has 0 bridgehead atoms. The Kier molecular flexibility index (Phi) is 5.17. The Labute approximate surface area is 168 Å². The molecule has 154 valence electrons. The molecular weight excluding hydrogens is 350 g/mol. The number of hydrogen-bond donors (Lipinski definition) is 3. The molecule has 1 aromatic carbocycles. The first-order valence-electron chi connectivity index (χ1n) is 10.9. The fourth-order valence-corrected chi connectivity index (χ4v) is 6.27. The standard InChI is InChI=1S/C23H35N3O2/c1-22(2,3)20-11-10-16-7-4-5-9-19(16)23(20,25-21(27)28)13-17-15-26-12-6-8-18(26)14-24-17/h4-5,7,9,17-18,20,24-25H,6,8,10-15H2,1-3H3,(H,27,28)/t17-,18+,20?,23?/m0/s1. The first kappa shape index (κ1) is 19.7. The number of hydrogen-bond acceptors (Lipinski definition) is 3. The third kappa shape index (κ3) is 3.55. The van der Waals surface area contributed by atoms with E-state index in [-0.39, 0.29) is 11.3 Å². The predicted octanol–water partition coefficient (Wildman–Crippen LogP) is 3.58. The molecule has 5 heteroatoms. The lowest BCUT2D eigenvalue weighted by Crippen LogP contribution is -2.62. The van der Waals surface area contributed by atoms with Crippen molar-refractivity contribution >= 4 is 6.09 Å². The molecule has 2 fully saturated rings. The number of carboxylic acid groups (broad SMARTS) is 1. The van der Waals surface area contributed by atoms with Crippen molar-refractivity contribution in [3.63, 3.8) is 0 Å². The van der Waals surface area contributed by atoms with E-state index in [1.165, 1.54) is 30.5 Å². The van der Waals surface area contributed by atoms with E-state index < -0.39 is 11.6 Å². The van der Waals surface area contributed by atoms with Gasteiger partial charge in [-0.1, -0.05) is 45.0 Å². The van der Waals surface area contributed by atoms with E-state index in [0.717, 1.165) is 32.4 Å². The van der Waals surface area contributed by atoms with Crippen LogP contribution in [-0.4, -0.2) is 47.8 Å². The van der Waals surface area contributed by atoms with Crippen molar-refractivity contribution in [2.45, 2.75) is 70.5 Å². The summed E-state index contributed by atoms with van der Waals surface area (Å²) in [5.74, 6) is 0.254. The van der Waals surface area contributed by atoms with Crippen molar-refractivity contribution < 1.29 is 9.90 Å². The highest BCUT2D eigenvalue weighted by atomic mass is 16.4. The molecule has 0 aromatic heterocycles. The topological polar surface area (TPSA) is 64.6 Å². The lowest BCUT2D eigenvalue weighted by atomic mass is 9.58. The van der Waals surface area contributed by atoms with E-state index in [1.54, 1.807) is 0 Å². The van der Waals surface area contributed by atoms with Gasteiger partial charge in [0.25, 0.3) is 0 Å². The average molecular weight is 386 g/mol. The summed E-state index contributed by atoms with van der Waals surface area (Å²) in [5, 5.41) is 16.7. The molecule has 28 heavy (non-hydrogen) atoms. The zero-order chi connectivity index (χ0) is 19.9. The predicted molar refractivity (Wildman–Crippen MR) is 112 cm³/mol. The van der Waals surface area contributed by atoms with Gasteiger partial charge in [-0.2, -0.15) is 0 Å². The second kappa shape index (κ2) is 7.34. The molecule has 4 atom stereocenters. The molecule has 0 saturated carbocycles. The van der Waals surface area contributed by atoms with Crippen LogP contribution in [0.5, 0.6) is 0 Å². The summed E-state index contributed by atoms with van der Waals surface area (Å²) < 4.78 is 0. The van der Waals surface area contributed by atoms with Crippen LogP contribution in [-0.2, 0) is 12.0 Å². The summed E-state index contributed by atoms with van der Waals surface area (Å²) in [6.07, 6.45) is 4.49. The van der Waals surface area contributed by atoms with E-state index in [9.17, 15) is 9.90 Å². The second-order valence-electron chi connectivity index (χ2n) is 10.1. The third-order valence-electron chi connectivity index (χ3n) is 7.34. The van der Waals surface area contributed by atoms with Gasteiger partial charge in [-0.15, -0.1) is 0 Å². The lowest BCUT2D eigenvalue weighted by molar-refractivity contribution is 0.0450. The average Bonchev–Trinajstić information content (AvgIpc) is 3.08. The van der Waals surface area contributed by atoms with Crippen molar-refractivity contribution in [1.29, 1.82) is 0 Å². The first-order valence-corrected chi connectivity index (χ1v) is 10.9. The summed E-state index contributed by atoms with van der Waals surface area (Å²) in [6.45, 7) is 10.0. The molecular formula is C23H35N3O2. The maximum Gasteiger partial charge on any atom is 0.405 e. The maximum atomic E-state index is 12.0. The number of benzene rings is 1. The number of fused-ring (bicyclic) bond motifs is 2. The number of rotatable bonds is 3. The number of piperazine rings is 1. The number of aryl methyl sites for hydroxylation is 1. The Morgan fingerprint density at radius 2 is 2.11 bits per heavy atom. The van der Waals surface area contributed by atoms with Crippen LogP contribution in [0.3, 0.4) is 0 Å². The number of nitrogens with zero attached hydrogens (tertiary/aromatic N) is 1. The second-order valence-corrected chi connectivity index (χ2v) is 10.1. The summed E-state index contributed by atoms with van der Waals surface area (Å²) in [7, 11) is 0. The van der Waals surface area contributed by atoms with E-state index in [2.05, 4.69) is 60.6 Å². The van der Waals surface area contributed by atoms with Crippen LogP contribution in [0.1, 0.15) is 57.6 Å². The smallest absolute Gasteiger partial charge is 0.405 e. The van der Waals surface area contributed by atoms with Crippen LogP contribution in [0.2, 0.25) is 0 Å². The minimum absolute atomic E-state index is 0.0147. The summed E-state index contributed by atoms with van der Waals surface area (Å²) >= 11 is 0. The van der Waals surface area contributed by atoms with Crippen LogP contribution < -0.4 is 10.6 Å². The van der Waals surface area contributed by atoms with Gasteiger partial charge in [0, 0.05) is 25.2 Å².